The number of alkyl halides is 1. The lowest BCUT2D eigenvalue weighted by Gasteiger charge is -2.31. The smallest absolute Gasteiger partial charge is 0.343 e. The first kappa shape index (κ1) is 31.1. The lowest BCUT2D eigenvalue weighted by molar-refractivity contribution is -0.151. The molecule has 0 radical (unpaired) electrons. The van der Waals surface area contributed by atoms with Crippen LogP contribution in [0.15, 0.2) is 54.7 Å². The predicted octanol–water partition coefficient (Wildman–Crippen LogP) is 7.04. The Kier molecular flexibility index (Phi) is 9.30. The van der Waals surface area contributed by atoms with Crippen LogP contribution in [-0.4, -0.2) is 51.8 Å². The quantitative estimate of drug-likeness (QED) is 0.182. The molecule has 0 spiro atoms. The molecule has 1 fully saturated rings. The zero-order valence-electron chi connectivity index (χ0n) is 24.9. The second-order valence-corrected chi connectivity index (χ2v) is 11.6. The molecule has 0 bridgehead atoms. The molecular formula is C33H38F2N2O5. The molecule has 1 N–H and O–H groups in total. The van der Waals surface area contributed by atoms with E-state index in [1.165, 1.54) is 19.2 Å². The maximum Gasteiger partial charge on any atom is 0.343 e. The Morgan fingerprint density at radius 1 is 1.07 bits per heavy atom. The Balaban J connectivity index is 1.68. The molecule has 2 unspecified atom stereocenters. The van der Waals surface area contributed by atoms with E-state index in [4.69, 9.17) is 9.47 Å². The van der Waals surface area contributed by atoms with Crippen molar-refractivity contribution < 1.29 is 33.0 Å². The molecule has 4 rings (SSSR count). The van der Waals surface area contributed by atoms with Gasteiger partial charge in [0.25, 0.3) is 0 Å². The van der Waals surface area contributed by atoms with Crippen molar-refractivity contribution >= 4 is 11.9 Å². The fourth-order valence-corrected chi connectivity index (χ4v) is 5.54. The van der Waals surface area contributed by atoms with Crippen LogP contribution in [0, 0.1) is 11.7 Å². The van der Waals surface area contributed by atoms with Crippen LogP contribution in [0.5, 0.6) is 11.6 Å². The number of carbonyl (C=O) groups excluding carboxylic acids is 1. The van der Waals surface area contributed by atoms with Crippen LogP contribution in [-0.2, 0) is 11.3 Å². The van der Waals surface area contributed by atoms with E-state index in [1.807, 2.05) is 0 Å². The molecule has 3 aromatic rings. The number of nitrogens with zero attached hydrogens (tertiary/aromatic N) is 2. The van der Waals surface area contributed by atoms with Crippen molar-refractivity contribution in [3.63, 3.8) is 0 Å². The molecule has 2 aromatic carbocycles. The fraction of sp³-hybridized carbons (Fsp3) is 0.424. The van der Waals surface area contributed by atoms with Gasteiger partial charge in [-0.05, 0) is 94.3 Å². The minimum absolute atomic E-state index is 0.102. The molecule has 0 aliphatic heterocycles. The molecule has 0 amide bonds. The molecule has 1 saturated carbocycles. The summed E-state index contributed by atoms with van der Waals surface area (Å²) < 4.78 is 41.2. The normalized spacial score (nSPS) is 15.5. The maximum absolute atomic E-state index is 15.3. The highest BCUT2D eigenvalue weighted by Gasteiger charge is 2.50. The van der Waals surface area contributed by atoms with Crippen molar-refractivity contribution in [2.75, 3.05) is 7.11 Å². The van der Waals surface area contributed by atoms with Gasteiger partial charge in [-0.2, -0.15) is 0 Å². The second kappa shape index (κ2) is 12.6. The minimum atomic E-state index is -2.47. The first-order valence-electron chi connectivity index (χ1n) is 14.2. The summed E-state index contributed by atoms with van der Waals surface area (Å²) in [7, 11) is 1.46. The molecule has 1 aromatic heterocycles. The van der Waals surface area contributed by atoms with E-state index < -0.39 is 29.3 Å². The molecule has 0 saturated heterocycles. The highest BCUT2D eigenvalue weighted by Crippen LogP contribution is 2.50. The van der Waals surface area contributed by atoms with Gasteiger partial charge in [0.15, 0.2) is 0 Å². The summed E-state index contributed by atoms with van der Waals surface area (Å²) in [5.41, 5.74) is -0.175. The third kappa shape index (κ3) is 6.78. The van der Waals surface area contributed by atoms with Gasteiger partial charge in [-0.15, -0.1) is 0 Å². The Labute approximate surface area is 245 Å². The molecule has 224 valence electrons. The minimum Gasteiger partial charge on any atom is -0.481 e. The molecule has 1 heterocycles. The number of halogens is 2. The molecule has 7 nitrogen and oxygen atoms in total. The van der Waals surface area contributed by atoms with Crippen molar-refractivity contribution in [1.29, 1.82) is 0 Å². The molecular weight excluding hydrogens is 542 g/mol. The highest BCUT2D eigenvalue weighted by molar-refractivity contribution is 5.91. The van der Waals surface area contributed by atoms with Crippen LogP contribution in [0.3, 0.4) is 0 Å². The van der Waals surface area contributed by atoms with Crippen molar-refractivity contribution in [3.05, 3.63) is 77.2 Å². The van der Waals surface area contributed by atoms with Gasteiger partial charge in [-0.25, -0.2) is 23.4 Å². The number of carboxylic acid groups (broad SMARTS) is 1. The van der Waals surface area contributed by atoms with Gasteiger partial charge in [0.1, 0.15) is 11.6 Å². The molecule has 1 aliphatic rings. The number of methoxy groups -OCH3 is 1. The first-order chi connectivity index (χ1) is 19.8. The van der Waals surface area contributed by atoms with Gasteiger partial charge in [-0.3, -0.25) is 4.90 Å². The number of ether oxygens (including phenoxy) is 2. The summed E-state index contributed by atoms with van der Waals surface area (Å²) in [4.78, 5) is 31.2. The summed E-state index contributed by atoms with van der Waals surface area (Å²) in [6.07, 6.45) is 2.58. The summed E-state index contributed by atoms with van der Waals surface area (Å²) in [5.74, 6) is -3.15. The van der Waals surface area contributed by atoms with Crippen LogP contribution in [0.2, 0.25) is 0 Å². The number of rotatable bonds is 12. The number of carbonyl (C=O) groups is 2. The van der Waals surface area contributed by atoms with E-state index >= 15 is 4.39 Å². The SMILES string of the molecule is COc1cc(-c2ccc(OC(=O)c3cccc(C(C4CC4)C(C)(F)C(=O)O)c3)cc2CN(C(C)C)C(C)C)c(F)cn1. The third-order valence-electron chi connectivity index (χ3n) is 7.87. The Bertz CT molecular complexity index is 1440. The van der Waals surface area contributed by atoms with Gasteiger partial charge < -0.3 is 14.6 Å². The zero-order chi connectivity index (χ0) is 30.8. The van der Waals surface area contributed by atoms with Gasteiger partial charge in [0, 0.05) is 36.2 Å². The van der Waals surface area contributed by atoms with E-state index in [1.54, 1.807) is 36.4 Å². The molecule has 9 heteroatoms. The number of hydrogen-bond donors (Lipinski definition) is 1. The average Bonchev–Trinajstić information content (AvgIpc) is 3.77. The van der Waals surface area contributed by atoms with E-state index in [0.29, 0.717) is 23.2 Å². The number of aliphatic carboxylic acids is 1. The standard InChI is InChI=1S/C33H38F2N2O5/c1-19(2)37(20(3)4)18-24-15-25(12-13-26(24)27-16-29(41-6)36-17-28(27)34)42-31(38)23-9-7-8-22(14-23)30(21-10-11-21)33(5,35)32(39)40/h7-9,12-17,19-21,30H,10-11,18H2,1-6H3,(H,39,40). The largest absolute Gasteiger partial charge is 0.481 e. The number of carboxylic acids is 1. The van der Waals surface area contributed by atoms with Crippen LogP contribution in [0.4, 0.5) is 8.78 Å². The Morgan fingerprint density at radius 2 is 1.76 bits per heavy atom. The molecule has 42 heavy (non-hydrogen) atoms. The second-order valence-electron chi connectivity index (χ2n) is 11.6. The predicted molar refractivity (Wildman–Crippen MR) is 156 cm³/mol. The summed E-state index contributed by atoms with van der Waals surface area (Å²) in [6.45, 7) is 9.85. The lowest BCUT2D eigenvalue weighted by atomic mass is 9.80. The maximum atomic E-state index is 15.3. The first-order valence-corrected chi connectivity index (χ1v) is 14.2. The number of pyridine rings is 1. The summed E-state index contributed by atoms with van der Waals surface area (Å²) in [5, 5.41) is 9.53. The zero-order valence-corrected chi connectivity index (χ0v) is 24.9. The highest BCUT2D eigenvalue weighted by atomic mass is 19.1. The molecule has 2 atom stereocenters. The average molecular weight is 581 g/mol. The number of benzene rings is 2. The van der Waals surface area contributed by atoms with Gasteiger partial charge in [0.05, 0.1) is 18.9 Å². The van der Waals surface area contributed by atoms with Crippen molar-refractivity contribution in [2.45, 2.75) is 77.7 Å². The van der Waals surface area contributed by atoms with Crippen LogP contribution >= 0.6 is 0 Å². The summed E-state index contributed by atoms with van der Waals surface area (Å²) in [6, 6.07) is 13.3. The van der Waals surface area contributed by atoms with Crippen LogP contribution in [0.25, 0.3) is 11.1 Å². The van der Waals surface area contributed by atoms with Crippen molar-refractivity contribution in [2.24, 2.45) is 5.92 Å². The molecule has 1 aliphatic carbocycles. The Morgan fingerprint density at radius 3 is 2.36 bits per heavy atom. The van der Waals surface area contributed by atoms with E-state index in [-0.39, 0.29) is 35.2 Å². The Hall–Kier alpha value is -3.85. The number of aromatic nitrogens is 1. The van der Waals surface area contributed by atoms with Gasteiger partial charge >= 0.3 is 11.9 Å². The number of esters is 1. The monoisotopic (exact) mass is 580 g/mol. The van der Waals surface area contributed by atoms with Gasteiger partial charge in [-0.1, -0.05) is 18.2 Å². The van der Waals surface area contributed by atoms with Gasteiger partial charge in [0.2, 0.25) is 11.5 Å². The van der Waals surface area contributed by atoms with E-state index in [2.05, 4.69) is 37.6 Å². The fourth-order valence-electron chi connectivity index (χ4n) is 5.54. The van der Waals surface area contributed by atoms with Crippen molar-refractivity contribution in [3.8, 4) is 22.8 Å². The van der Waals surface area contributed by atoms with Crippen LogP contribution in [0.1, 0.15) is 74.9 Å². The summed E-state index contributed by atoms with van der Waals surface area (Å²) >= 11 is 0. The third-order valence-corrected chi connectivity index (χ3v) is 7.87. The van der Waals surface area contributed by atoms with E-state index in [9.17, 15) is 19.1 Å². The van der Waals surface area contributed by atoms with Crippen molar-refractivity contribution in [1.82, 2.24) is 9.88 Å². The lowest BCUT2D eigenvalue weighted by Crippen LogP contribution is -2.38. The van der Waals surface area contributed by atoms with E-state index in [0.717, 1.165) is 31.5 Å². The topological polar surface area (TPSA) is 89.0 Å². The van der Waals surface area contributed by atoms with Crippen LogP contribution < -0.4 is 9.47 Å². The number of hydrogen-bond acceptors (Lipinski definition) is 6.